The molecule has 0 radical (unpaired) electrons. The predicted octanol–water partition coefficient (Wildman–Crippen LogP) is 4.31. The molecule has 2 aromatic carbocycles. The minimum atomic E-state index is -0.273. The van der Waals surface area contributed by atoms with Crippen molar-refractivity contribution in [1.82, 2.24) is 4.90 Å². The molecule has 2 aromatic rings. The number of nitrogens with zero attached hydrogens (tertiary/aromatic N) is 2. The van der Waals surface area contributed by atoms with Gasteiger partial charge in [-0.15, -0.1) is 0 Å². The standard InChI is InChI=1S/C22H22ClFN2O2/c23-18-7-5-15(6-8-18)21(27)25-11-1-4-17(14-25)22(28)26-12-2-3-16-13-19(24)9-10-20(16)26/h5-10,13,17H,1-4,11-12,14H2. The molecule has 2 aliphatic heterocycles. The Bertz CT molecular complexity index is 900. The molecule has 4 rings (SSSR count). The fourth-order valence-electron chi connectivity index (χ4n) is 4.15. The summed E-state index contributed by atoms with van der Waals surface area (Å²) in [4.78, 5) is 29.6. The van der Waals surface area contributed by atoms with Gasteiger partial charge in [0, 0.05) is 35.9 Å². The van der Waals surface area contributed by atoms with Gasteiger partial charge in [-0.05, 0) is 73.7 Å². The van der Waals surface area contributed by atoms with E-state index in [0.717, 1.165) is 36.9 Å². The number of anilines is 1. The van der Waals surface area contributed by atoms with Gasteiger partial charge in [-0.3, -0.25) is 9.59 Å². The zero-order valence-corrected chi connectivity index (χ0v) is 16.3. The number of halogens is 2. The second-order valence-corrected chi connectivity index (χ2v) is 7.90. The van der Waals surface area contributed by atoms with Crippen LogP contribution < -0.4 is 4.90 Å². The van der Waals surface area contributed by atoms with Gasteiger partial charge in [0.15, 0.2) is 0 Å². The fraction of sp³-hybridized carbons (Fsp3) is 0.364. The normalized spacial score (nSPS) is 19.3. The van der Waals surface area contributed by atoms with Gasteiger partial charge in [-0.25, -0.2) is 4.39 Å². The summed E-state index contributed by atoms with van der Waals surface area (Å²) < 4.78 is 13.5. The Morgan fingerprint density at radius 2 is 1.82 bits per heavy atom. The molecule has 0 bridgehead atoms. The van der Waals surface area contributed by atoms with E-state index in [1.54, 1.807) is 40.1 Å². The molecule has 1 unspecified atom stereocenters. The second kappa shape index (κ2) is 7.92. The van der Waals surface area contributed by atoms with Crippen molar-refractivity contribution in [3.63, 3.8) is 0 Å². The number of likely N-dealkylation sites (tertiary alicyclic amines) is 1. The van der Waals surface area contributed by atoms with Crippen LogP contribution in [0.4, 0.5) is 10.1 Å². The predicted molar refractivity (Wildman–Crippen MR) is 107 cm³/mol. The lowest BCUT2D eigenvalue weighted by Gasteiger charge is -2.37. The first-order valence-electron chi connectivity index (χ1n) is 9.67. The first kappa shape index (κ1) is 18.9. The molecule has 6 heteroatoms. The number of fused-ring (bicyclic) bond motifs is 1. The molecule has 2 aliphatic rings. The highest BCUT2D eigenvalue weighted by Crippen LogP contribution is 2.31. The second-order valence-electron chi connectivity index (χ2n) is 7.46. The molecule has 28 heavy (non-hydrogen) atoms. The highest BCUT2D eigenvalue weighted by Gasteiger charge is 2.33. The van der Waals surface area contributed by atoms with Crippen LogP contribution >= 0.6 is 11.6 Å². The van der Waals surface area contributed by atoms with Crippen molar-refractivity contribution in [2.45, 2.75) is 25.7 Å². The molecule has 0 spiro atoms. The molecule has 1 atom stereocenters. The largest absolute Gasteiger partial charge is 0.338 e. The van der Waals surface area contributed by atoms with Gasteiger partial charge in [0.2, 0.25) is 5.91 Å². The van der Waals surface area contributed by atoms with Crippen molar-refractivity contribution < 1.29 is 14.0 Å². The zero-order valence-electron chi connectivity index (χ0n) is 15.5. The van der Waals surface area contributed by atoms with Gasteiger partial charge < -0.3 is 9.80 Å². The summed E-state index contributed by atoms with van der Waals surface area (Å²) in [5.74, 6) is -0.553. The minimum absolute atomic E-state index is 0.0289. The third kappa shape index (κ3) is 3.76. The Morgan fingerprint density at radius 3 is 2.61 bits per heavy atom. The number of amides is 2. The number of carbonyl (C=O) groups is 2. The Kier molecular flexibility index (Phi) is 5.36. The summed E-state index contributed by atoms with van der Waals surface area (Å²) in [6.45, 7) is 1.69. The van der Waals surface area contributed by atoms with Crippen LogP contribution in [0.2, 0.25) is 5.02 Å². The molecular weight excluding hydrogens is 379 g/mol. The van der Waals surface area contributed by atoms with Gasteiger partial charge >= 0.3 is 0 Å². The van der Waals surface area contributed by atoms with E-state index in [2.05, 4.69) is 0 Å². The summed E-state index contributed by atoms with van der Waals surface area (Å²) >= 11 is 5.91. The van der Waals surface area contributed by atoms with Crippen molar-refractivity contribution in [1.29, 1.82) is 0 Å². The maximum absolute atomic E-state index is 13.5. The smallest absolute Gasteiger partial charge is 0.253 e. The van der Waals surface area contributed by atoms with Crippen LogP contribution in [0.15, 0.2) is 42.5 Å². The SMILES string of the molecule is O=C(c1ccc(Cl)cc1)N1CCCC(C(=O)N2CCCc3cc(F)ccc32)C1. The van der Waals surface area contributed by atoms with Crippen molar-refractivity contribution in [2.75, 3.05) is 24.5 Å². The number of hydrogen-bond acceptors (Lipinski definition) is 2. The number of rotatable bonds is 2. The topological polar surface area (TPSA) is 40.6 Å². The van der Waals surface area contributed by atoms with Crippen molar-refractivity contribution in [3.05, 3.63) is 64.4 Å². The highest BCUT2D eigenvalue weighted by molar-refractivity contribution is 6.30. The molecule has 0 N–H and O–H groups in total. The quantitative estimate of drug-likeness (QED) is 0.753. The number of benzene rings is 2. The summed E-state index contributed by atoms with van der Waals surface area (Å²) in [5, 5.41) is 0.587. The van der Waals surface area contributed by atoms with Gasteiger partial charge in [0.05, 0.1) is 5.92 Å². The summed E-state index contributed by atoms with van der Waals surface area (Å²) in [6, 6.07) is 11.4. The van der Waals surface area contributed by atoms with Crippen LogP contribution in [0, 0.1) is 11.7 Å². The van der Waals surface area contributed by atoms with Crippen LogP contribution in [-0.2, 0) is 11.2 Å². The molecule has 2 amide bonds. The first-order valence-corrected chi connectivity index (χ1v) is 10.1. The highest BCUT2D eigenvalue weighted by atomic mass is 35.5. The Hall–Kier alpha value is -2.40. The number of aryl methyl sites for hydroxylation is 1. The Labute approximate surface area is 168 Å². The van der Waals surface area contributed by atoms with Gasteiger partial charge in [-0.2, -0.15) is 0 Å². The third-order valence-electron chi connectivity index (χ3n) is 5.58. The van der Waals surface area contributed by atoms with E-state index < -0.39 is 0 Å². The Morgan fingerprint density at radius 1 is 1.04 bits per heavy atom. The molecule has 146 valence electrons. The van der Waals surface area contributed by atoms with E-state index in [4.69, 9.17) is 11.6 Å². The third-order valence-corrected chi connectivity index (χ3v) is 5.83. The minimum Gasteiger partial charge on any atom is -0.338 e. The molecular formula is C22H22ClFN2O2. The van der Waals surface area contributed by atoms with Gasteiger partial charge in [0.25, 0.3) is 5.91 Å². The summed E-state index contributed by atoms with van der Waals surface area (Å²) in [6.07, 6.45) is 3.15. The van der Waals surface area contributed by atoms with Crippen LogP contribution in [-0.4, -0.2) is 36.3 Å². The summed E-state index contributed by atoms with van der Waals surface area (Å²) in [7, 11) is 0. The first-order chi connectivity index (χ1) is 13.5. The molecule has 0 aromatic heterocycles. The summed E-state index contributed by atoms with van der Waals surface area (Å²) in [5.41, 5.74) is 2.26. The van der Waals surface area contributed by atoms with Gasteiger partial charge in [-0.1, -0.05) is 11.6 Å². The van der Waals surface area contributed by atoms with E-state index in [1.807, 2.05) is 0 Å². The number of carbonyl (C=O) groups excluding carboxylic acids is 2. The lowest BCUT2D eigenvalue weighted by Crippen LogP contribution is -2.48. The maximum Gasteiger partial charge on any atom is 0.253 e. The maximum atomic E-state index is 13.5. The average Bonchev–Trinajstić information content (AvgIpc) is 2.72. The van der Waals surface area contributed by atoms with Gasteiger partial charge in [0.1, 0.15) is 5.82 Å². The molecule has 1 fully saturated rings. The molecule has 0 saturated carbocycles. The van der Waals surface area contributed by atoms with Crippen LogP contribution in [0.25, 0.3) is 0 Å². The van der Waals surface area contributed by atoms with Crippen molar-refractivity contribution >= 4 is 29.1 Å². The number of hydrogen-bond donors (Lipinski definition) is 0. The van der Waals surface area contributed by atoms with Crippen LogP contribution in [0.3, 0.4) is 0 Å². The Balaban J connectivity index is 1.50. The lowest BCUT2D eigenvalue weighted by atomic mass is 9.93. The van der Waals surface area contributed by atoms with E-state index in [1.165, 1.54) is 12.1 Å². The molecule has 0 aliphatic carbocycles. The van der Waals surface area contributed by atoms with Crippen LogP contribution in [0.1, 0.15) is 35.2 Å². The zero-order chi connectivity index (χ0) is 19.7. The average molecular weight is 401 g/mol. The van der Waals surface area contributed by atoms with E-state index in [9.17, 15) is 14.0 Å². The van der Waals surface area contributed by atoms with Crippen molar-refractivity contribution in [3.8, 4) is 0 Å². The molecule has 1 saturated heterocycles. The fourth-order valence-corrected chi connectivity index (χ4v) is 4.28. The molecule has 4 nitrogen and oxygen atoms in total. The molecule has 2 heterocycles. The van der Waals surface area contributed by atoms with E-state index in [-0.39, 0.29) is 23.5 Å². The van der Waals surface area contributed by atoms with Crippen molar-refractivity contribution in [2.24, 2.45) is 5.92 Å². The number of piperidine rings is 1. The monoisotopic (exact) mass is 400 g/mol. The van der Waals surface area contributed by atoms with Crippen LogP contribution in [0.5, 0.6) is 0 Å². The lowest BCUT2D eigenvalue weighted by molar-refractivity contribution is -0.123. The van der Waals surface area contributed by atoms with E-state index in [0.29, 0.717) is 30.2 Å². The van der Waals surface area contributed by atoms with E-state index >= 15 is 0 Å².